The molecule has 5 amide bonds. The molecule has 2 aromatic carbocycles. The number of piperidine rings is 1. The minimum atomic E-state index is -0.977. The highest BCUT2D eigenvalue weighted by molar-refractivity contribution is 6.23. The molecule has 2 aliphatic carbocycles. The number of pyridine rings is 1. The number of nitrogens with zero attached hydrogens (tertiary/aromatic N) is 6. The summed E-state index contributed by atoms with van der Waals surface area (Å²) < 4.78 is 6.55. The number of imide groups is 2. The molecule has 0 radical (unpaired) electrons. The van der Waals surface area contributed by atoms with Crippen molar-refractivity contribution in [2.24, 2.45) is 16.7 Å². The molecule has 1 atom stereocenters. The van der Waals surface area contributed by atoms with Gasteiger partial charge < -0.3 is 14.5 Å². The Hall–Kier alpha value is -6.05. The van der Waals surface area contributed by atoms with Crippen LogP contribution in [0, 0.1) is 46.8 Å². The van der Waals surface area contributed by atoms with Gasteiger partial charge in [0.05, 0.1) is 40.6 Å². The smallest absolute Gasteiger partial charge is 0.262 e. The van der Waals surface area contributed by atoms with Gasteiger partial charge in [-0.2, -0.15) is 5.26 Å². The normalized spacial score (nSPS) is 26.8. The molecule has 3 aromatic rings. The standard InChI is InChI=1S/C48H51N7O6/c1-28-24-34(15-9-30(28)26-49)61-46-47(2,3)45(48(46,4)5)54-27-38-36(42(54)58)16-11-31(50-38)10-6-29-7-12-32(13-8-29)52-20-22-53(23-21-52)33-14-17-35-37(25-33)44(60)55(43(35)59)39-18-19-40(56)51-41(39)57/h9,11,14-17,24-25,29,32,39,45-46H,7-8,12-13,18-23,27H2,1-5H3,(H,51,56,57)/t29-,32-,39?,45-,46-. The summed E-state index contributed by atoms with van der Waals surface area (Å²) in [4.78, 5) is 77.1. The second-order valence-corrected chi connectivity index (χ2v) is 18.7. The van der Waals surface area contributed by atoms with Crippen molar-refractivity contribution in [1.82, 2.24) is 25.0 Å². The van der Waals surface area contributed by atoms with Crippen molar-refractivity contribution in [3.63, 3.8) is 0 Å². The Balaban J connectivity index is 0.770. The summed E-state index contributed by atoms with van der Waals surface area (Å²) >= 11 is 0. The lowest BCUT2D eigenvalue weighted by molar-refractivity contribution is -0.199. The first-order valence-electron chi connectivity index (χ1n) is 21.5. The van der Waals surface area contributed by atoms with Crippen LogP contribution in [-0.2, 0) is 16.1 Å². The van der Waals surface area contributed by atoms with Crippen molar-refractivity contribution in [2.75, 3.05) is 31.1 Å². The molecule has 1 aromatic heterocycles. The zero-order chi connectivity index (χ0) is 43.0. The zero-order valence-corrected chi connectivity index (χ0v) is 35.4. The van der Waals surface area contributed by atoms with Gasteiger partial charge in [0.1, 0.15) is 23.6 Å². The zero-order valence-electron chi connectivity index (χ0n) is 35.4. The Labute approximate surface area is 356 Å². The van der Waals surface area contributed by atoms with Crippen LogP contribution < -0.4 is 15.0 Å². The molecule has 314 valence electrons. The Kier molecular flexibility index (Phi) is 10.0. The van der Waals surface area contributed by atoms with Gasteiger partial charge in [-0.3, -0.25) is 39.1 Å². The maximum absolute atomic E-state index is 13.8. The number of fused-ring (bicyclic) bond motifs is 2. The van der Waals surface area contributed by atoms with E-state index >= 15 is 0 Å². The van der Waals surface area contributed by atoms with E-state index < -0.39 is 29.7 Å². The van der Waals surface area contributed by atoms with Gasteiger partial charge in [0.2, 0.25) is 11.8 Å². The van der Waals surface area contributed by atoms with Crippen LogP contribution in [0.1, 0.15) is 120 Å². The van der Waals surface area contributed by atoms with E-state index in [1.54, 1.807) is 18.2 Å². The van der Waals surface area contributed by atoms with Gasteiger partial charge in [-0.1, -0.05) is 33.6 Å². The van der Waals surface area contributed by atoms with E-state index in [-0.39, 0.29) is 47.6 Å². The topological polar surface area (TPSA) is 156 Å². The molecule has 2 saturated carbocycles. The quantitative estimate of drug-likeness (QED) is 0.258. The van der Waals surface area contributed by atoms with Gasteiger partial charge >= 0.3 is 0 Å². The van der Waals surface area contributed by atoms with Crippen LogP contribution in [0.25, 0.3) is 0 Å². The summed E-state index contributed by atoms with van der Waals surface area (Å²) in [5, 5.41) is 11.6. The molecule has 5 heterocycles. The average Bonchev–Trinajstić information content (AvgIpc) is 3.68. The molecule has 1 N–H and O–H groups in total. The molecule has 0 bridgehead atoms. The molecule has 61 heavy (non-hydrogen) atoms. The lowest BCUT2D eigenvalue weighted by Gasteiger charge is -2.65. The number of rotatable bonds is 6. The monoisotopic (exact) mass is 821 g/mol. The number of aromatic nitrogens is 1. The van der Waals surface area contributed by atoms with Crippen LogP contribution in [0.3, 0.4) is 0 Å². The van der Waals surface area contributed by atoms with E-state index in [9.17, 15) is 29.2 Å². The van der Waals surface area contributed by atoms with E-state index in [2.05, 4.69) is 60.7 Å². The second-order valence-electron chi connectivity index (χ2n) is 18.7. The number of hydrogen-bond acceptors (Lipinski definition) is 10. The van der Waals surface area contributed by atoms with Crippen LogP contribution in [0.15, 0.2) is 48.5 Å². The lowest BCUT2D eigenvalue weighted by Crippen LogP contribution is -2.74. The SMILES string of the molecule is Cc1cc(O[C@H]2C(C)(C)[C@H](N3Cc4nc(C#C[C@H]5CC[C@H](N6CCN(c7ccc8c(c7)C(=O)N(C7CCC(=O)NC7=O)C8=O)CC6)CC5)ccc4C3=O)C2(C)C)ccc1C#N. The average molecular weight is 822 g/mol. The summed E-state index contributed by atoms with van der Waals surface area (Å²) in [5.74, 6) is 5.88. The highest BCUT2D eigenvalue weighted by Gasteiger charge is 2.67. The van der Waals surface area contributed by atoms with Crippen molar-refractivity contribution in [3.05, 3.63) is 87.7 Å². The number of aryl methyl sites for hydroxylation is 1. The third kappa shape index (κ3) is 6.93. The van der Waals surface area contributed by atoms with Crippen LogP contribution in [-0.4, -0.2) is 99.6 Å². The summed E-state index contributed by atoms with van der Waals surface area (Å²) in [6.45, 7) is 14.4. The predicted octanol–water partition coefficient (Wildman–Crippen LogP) is 5.23. The molecule has 9 rings (SSSR count). The molecule has 2 saturated heterocycles. The molecule has 1 unspecified atom stereocenters. The van der Waals surface area contributed by atoms with E-state index in [1.165, 1.54) is 0 Å². The fourth-order valence-corrected chi connectivity index (χ4v) is 11.4. The van der Waals surface area contributed by atoms with Crippen molar-refractivity contribution in [3.8, 4) is 23.7 Å². The van der Waals surface area contributed by atoms with E-state index in [4.69, 9.17) is 9.72 Å². The van der Waals surface area contributed by atoms with Crippen molar-refractivity contribution in [2.45, 2.75) is 104 Å². The maximum atomic E-state index is 13.8. The number of carbonyl (C=O) groups is 5. The van der Waals surface area contributed by atoms with Gasteiger partial charge in [0, 0.05) is 67.1 Å². The Bertz CT molecular complexity index is 2460. The number of hydrogen-bond donors (Lipinski definition) is 1. The molecule has 6 aliphatic rings. The van der Waals surface area contributed by atoms with Crippen molar-refractivity contribution < 1.29 is 28.7 Å². The minimum Gasteiger partial charge on any atom is -0.489 e. The number of amides is 5. The number of nitriles is 1. The number of benzene rings is 2. The Morgan fingerprint density at radius 2 is 1.51 bits per heavy atom. The summed E-state index contributed by atoms with van der Waals surface area (Å²) in [5.41, 5.74) is 4.44. The number of anilines is 1. The Morgan fingerprint density at radius 3 is 2.20 bits per heavy atom. The molecular formula is C48H51N7O6. The predicted molar refractivity (Wildman–Crippen MR) is 225 cm³/mol. The number of piperazine rings is 1. The van der Waals surface area contributed by atoms with Crippen molar-refractivity contribution >= 4 is 35.2 Å². The molecule has 0 spiro atoms. The van der Waals surface area contributed by atoms with Gasteiger partial charge in [0.25, 0.3) is 17.7 Å². The minimum absolute atomic E-state index is 0.00257. The fourth-order valence-electron chi connectivity index (χ4n) is 11.4. The summed E-state index contributed by atoms with van der Waals surface area (Å²) in [6.07, 6.45) is 4.24. The molecule has 4 aliphatic heterocycles. The third-order valence-electron chi connectivity index (χ3n) is 14.2. The summed E-state index contributed by atoms with van der Waals surface area (Å²) in [6, 6.07) is 16.3. The van der Waals surface area contributed by atoms with Gasteiger partial charge in [-0.05, 0) is 99.0 Å². The lowest BCUT2D eigenvalue weighted by atomic mass is 9.49. The van der Waals surface area contributed by atoms with Gasteiger partial charge in [-0.15, -0.1) is 0 Å². The van der Waals surface area contributed by atoms with Gasteiger partial charge in [-0.25, -0.2) is 4.98 Å². The molecule has 4 fully saturated rings. The number of nitrogens with one attached hydrogen (secondary N) is 1. The van der Waals surface area contributed by atoms with Crippen LogP contribution in [0.5, 0.6) is 5.75 Å². The van der Waals surface area contributed by atoms with Crippen LogP contribution >= 0.6 is 0 Å². The first-order chi connectivity index (χ1) is 29.1. The van der Waals surface area contributed by atoms with Crippen LogP contribution in [0.4, 0.5) is 5.69 Å². The summed E-state index contributed by atoms with van der Waals surface area (Å²) in [7, 11) is 0. The van der Waals surface area contributed by atoms with E-state index in [0.717, 1.165) is 79.5 Å². The van der Waals surface area contributed by atoms with E-state index in [0.29, 0.717) is 40.5 Å². The Morgan fingerprint density at radius 1 is 0.803 bits per heavy atom. The molecular weight excluding hydrogens is 771 g/mol. The van der Waals surface area contributed by atoms with E-state index in [1.807, 2.05) is 42.2 Å². The number of carbonyl (C=O) groups excluding carboxylic acids is 5. The fraction of sp³-hybridized carbons (Fsp3) is 0.479. The van der Waals surface area contributed by atoms with Gasteiger partial charge in [0.15, 0.2) is 0 Å². The largest absolute Gasteiger partial charge is 0.489 e. The van der Waals surface area contributed by atoms with Crippen molar-refractivity contribution in [1.29, 1.82) is 5.26 Å². The highest BCUT2D eigenvalue weighted by Crippen LogP contribution is 2.59. The highest BCUT2D eigenvalue weighted by atomic mass is 16.5. The maximum Gasteiger partial charge on any atom is 0.262 e. The molecule has 13 nitrogen and oxygen atoms in total. The number of ether oxygens (including phenoxy) is 1. The second kappa shape index (κ2) is 15.1. The first-order valence-corrected chi connectivity index (χ1v) is 21.5. The molecule has 13 heteroatoms. The van der Waals surface area contributed by atoms with Crippen LogP contribution in [0.2, 0.25) is 0 Å². The third-order valence-corrected chi connectivity index (χ3v) is 14.2. The first kappa shape index (κ1) is 40.4.